The van der Waals surface area contributed by atoms with Gasteiger partial charge >= 0.3 is 0 Å². The third-order valence-corrected chi connectivity index (χ3v) is 3.62. The molecule has 4 N–H and O–H groups in total. The highest BCUT2D eigenvalue weighted by Gasteiger charge is 2.36. The van der Waals surface area contributed by atoms with Crippen molar-refractivity contribution < 1.29 is 9.90 Å². The van der Waals surface area contributed by atoms with Gasteiger partial charge < -0.3 is 16.2 Å². The number of hydrogen-bond acceptors (Lipinski definition) is 5. The Labute approximate surface area is 105 Å². The van der Waals surface area contributed by atoms with Crippen molar-refractivity contribution in [3.05, 3.63) is 11.1 Å². The molecule has 0 aliphatic heterocycles. The van der Waals surface area contributed by atoms with Gasteiger partial charge in [0.1, 0.15) is 0 Å². The maximum absolute atomic E-state index is 11.8. The van der Waals surface area contributed by atoms with Crippen molar-refractivity contribution in [1.82, 2.24) is 10.3 Å². The maximum Gasteiger partial charge on any atom is 0.226 e. The van der Waals surface area contributed by atoms with E-state index in [1.807, 2.05) is 0 Å². The topological polar surface area (TPSA) is 88.2 Å². The summed E-state index contributed by atoms with van der Waals surface area (Å²) in [6, 6.07) is 0. The predicted octanol–water partition coefficient (Wildman–Crippen LogP) is 0.933. The number of nitrogen functional groups attached to an aromatic ring is 1. The second kappa shape index (κ2) is 4.62. The minimum Gasteiger partial charge on any atom is -0.388 e. The van der Waals surface area contributed by atoms with Gasteiger partial charge in [0.15, 0.2) is 5.13 Å². The number of anilines is 1. The van der Waals surface area contributed by atoms with E-state index in [9.17, 15) is 9.90 Å². The van der Waals surface area contributed by atoms with E-state index in [0.29, 0.717) is 10.8 Å². The molecule has 0 saturated heterocycles. The van der Waals surface area contributed by atoms with Gasteiger partial charge in [-0.3, -0.25) is 4.79 Å². The second-order valence-corrected chi connectivity index (χ2v) is 5.98. The number of nitrogens with two attached hydrogens (primary N) is 1. The Morgan fingerprint density at radius 3 is 2.53 bits per heavy atom. The molecule has 17 heavy (non-hydrogen) atoms. The number of aliphatic hydroxyl groups is 1. The second-order valence-electron chi connectivity index (χ2n) is 5.09. The molecule has 1 amide bonds. The highest BCUT2D eigenvalue weighted by atomic mass is 32.1. The van der Waals surface area contributed by atoms with Crippen LogP contribution in [0.4, 0.5) is 5.13 Å². The molecule has 1 heterocycles. The number of rotatable bonds is 4. The van der Waals surface area contributed by atoms with E-state index in [1.54, 1.807) is 33.1 Å². The van der Waals surface area contributed by atoms with E-state index in [0.717, 1.165) is 0 Å². The summed E-state index contributed by atoms with van der Waals surface area (Å²) in [5.41, 5.74) is 4.44. The van der Waals surface area contributed by atoms with Gasteiger partial charge in [-0.05, 0) is 27.7 Å². The first-order valence-corrected chi connectivity index (χ1v) is 6.23. The standard InChI is InChI=1S/C11H19N3O2S/c1-10(2,11(3,4)16)14-8(15)5-7-6-17-9(12)13-7/h6,16H,5H2,1-4H3,(H2,12,13)(H,14,15). The smallest absolute Gasteiger partial charge is 0.226 e. The Morgan fingerprint density at radius 2 is 2.12 bits per heavy atom. The van der Waals surface area contributed by atoms with Crippen LogP contribution in [0.5, 0.6) is 0 Å². The number of carbonyl (C=O) groups is 1. The highest BCUT2D eigenvalue weighted by molar-refractivity contribution is 7.13. The first kappa shape index (κ1) is 13.9. The van der Waals surface area contributed by atoms with Crippen LogP contribution >= 0.6 is 11.3 Å². The lowest BCUT2D eigenvalue weighted by Gasteiger charge is -2.37. The van der Waals surface area contributed by atoms with Crippen molar-refractivity contribution in [2.45, 2.75) is 45.3 Å². The molecule has 0 unspecified atom stereocenters. The summed E-state index contributed by atoms with van der Waals surface area (Å²) in [4.78, 5) is 15.8. The van der Waals surface area contributed by atoms with Gasteiger partial charge in [-0.15, -0.1) is 11.3 Å². The van der Waals surface area contributed by atoms with E-state index < -0.39 is 11.1 Å². The molecule has 0 bridgehead atoms. The number of nitrogens with one attached hydrogen (secondary N) is 1. The molecule has 0 atom stereocenters. The first-order valence-electron chi connectivity index (χ1n) is 5.35. The summed E-state index contributed by atoms with van der Waals surface area (Å²) in [6.45, 7) is 6.88. The fraction of sp³-hybridized carbons (Fsp3) is 0.636. The van der Waals surface area contributed by atoms with Crippen molar-refractivity contribution in [1.29, 1.82) is 0 Å². The quantitative estimate of drug-likeness (QED) is 0.749. The van der Waals surface area contributed by atoms with Crippen molar-refractivity contribution >= 4 is 22.4 Å². The number of aromatic nitrogens is 1. The Bertz CT molecular complexity index is 407. The molecule has 1 aromatic heterocycles. The monoisotopic (exact) mass is 257 g/mol. The Morgan fingerprint density at radius 1 is 1.53 bits per heavy atom. The zero-order valence-corrected chi connectivity index (χ0v) is 11.4. The minimum absolute atomic E-state index is 0.174. The van der Waals surface area contributed by atoms with E-state index >= 15 is 0 Å². The summed E-state index contributed by atoms with van der Waals surface area (Å²) in [5.74, 6) is -0.178. The van der Waals surface area contributed by atoms with Crippen LogP contribution in [0, 0.1) is 0 Å². The molecule has 0 radical (unpaired) electrons. The van der Waals surface area contributed by atoms with Crippen LogP contribution < -0.4 is 11.1 Å². The Hall–Kier alpha value is -1.14. The van der Waals surface area contributed by atoms with Crippen molar-refractivity contribution in [2.75, 3.05) is 5.73 Å². The molecule has 0 fully saturated rings. The third-order valence-electron chi connectivity index (χ3n) is 2.89. The molecule has 0 aliphatic carbocycles. The van der Waals surface area contributed by atoms with Gasteiger partial charge in [0.05, 0.1) is 23.3 Å². The number of thiazole rings is 1. The van der Waals surface area contributed by atoms with Crippen LogP contribution in [-0.2, 0) is 11.2 Å². The molecule has 0 aromatic carbocycles. The largest absolute Gasteiger partial charge is 0.388 e. The lowest BCUT2D eigenvalue weighted by Crippen LogP contribution is -2.58. The molecule has 1 aromatic rings. The van der Waals surface area contributed by atoms with Gasteiger partial charge in [0, 0.05) is 5.38 Å². The zero-order chi connectivity index (χ0) is 13.3. The molecule has 96 valence electrons. The number of amides is 1. The lowest BCUT2D eigenvalue weighted by atomic mass is 9.86. The summed E-state index contributed by atoms with van der Waals surface area (Å²) in [6.07, 6.45) is 0.174. The number of hydrogen-bond donors (Lipinski definition) is 3. The normalized spacial score (nSPS) is 12.5. The van der Waals surface area contributed by atoms with E-state index in [4.69, 9.17) is 5.73 Å². The van der Waals surface area contributed by atoms with Gasteiger partial charge in [-0.1, -0.05) is 0 Å². The fourth-order valence-corrected chi connectivity index (χ4v) is 1.68. The van der Waals surface area contributed by atoms with Crippen molar-refractivity contribution in [3.8, 4) is 0 Å². The van der Waals surface area contributed by atoms with E-state index in [-0.39, 0.29) is 12.3 Å². The molecule has 0 spiro atoms. The van der Waals surface area contributed by atoms with Crippen LogP contribution in [0.1, 0.15) is 33.4 Å². The Kier molecular flexibility index (Phi) is 3.78. The molecule has 6 heteroatoms. The van der Waals surface area contributed by atoms with Crippen molar-refractivity contribution in [3.63, 3.8) is 0 Å². The van der Waals surface area contributed by atoms with Crippen LogP contribution in [0.15, 0.2) is 5.38 Å². The molecule has 5 nitrogen and oxygen atoms in total. The molecule has 1 rings (SSSR count). The SMILES string of the molecule is CC(C)(O)C(C)(C)NC(=O)Cc1csc(N)n1. The third kappa shape index (κ3) is 3.67. The number of nitrogens with zero attached hydrogens (tertiary/aromatic N) is 1. The van der Waals surface area contributed by atoms with Crippen LogP contribution in [0.3, 0.4) is 0 Å². The molecular weight excluding hydrogens is 238 g/mol. The fourth-order valence-electron chi connectivity index (χ4n) is 1.11. The molecule has 0 aliphatic rings. The summed E-state index contributed by atoms with van der Waals surface area (Å²) in [7, 11) is 0. The number of carbonyl (C=O) groups excluding carboxylic acids is 1. The summed E-state index contributed by atoms with van der Waals surface area (Å²) in [5, 5.41) is 14.9. The summed E-state index contributed by atoms with van der Waals surface area (Å²) < 4.78 is 0. The molecular formula is C11H19N3O2S. The Balaban J connectivity index is 2.62. The average Bonchev–Trinajstić information content (AvgIpc) is 2.47. The minimum atomic E-state index is -0.996. The van der Waals surface area contributed by atoms with Crippen LogP contribution in [0.25, 0.3) is 0 Å². The average molecular weight is 257 g/mol. The van der Waals surface area contributed by atoms with Crippen LogP contribution in [0.2, 0.25) is 0 Å². The summed E-state index contributed by atoms with van der Waals surface area (Å²) >= 11 is 1.31. The van der Waals surface area contributed by atoms with Gasteiger partial charge in [-0.25, -0.2) is 4.98 Å². The van der Waals surface area contributed by atoms with E-state index in [2.05, 4.69) is 10.3 Å². The van der Waals surface area contributed by atoms with Crippen LogP contribution in [-0.4, -0.2) is 27.1 Å². The predicted molar refractivity (Wildman–Crippen MR) is 68.7 cm³/mol. The van der Waals surface area contributed by atoms with Gasteiger partial charge in [0.2, 0.25) is 5.91 Å². The highest BCUT2D eigenvalue weighted by Crippen LogP contribution is 2.20. The van der Waals surface area contributed by atoms with Crippen molar-refractivity contribution in [2.24, 2.45) is 0 Å². The lowest BCUT2D eigenvalue weighted by molar-refractivity contribution is -0.125. The first-order chi connectivity index (χ1) is 7.62. The maximum atomic E-state index is 11.8. The molecule has 0 saturated carbocycles. The van der Waals surface area contributed by atoms with Gasteiger partial charge in [-0.2, -0.15) is 0 Å². The van der Waals surface area contributed by atoms with Gasteiger partial charge in [0.25, 0.3) is 0 Å². The zero-order valence-electron chi connectivity index (χ0n) is 10.6. The van der Waals surface area contributed by atoms with E-state index in [1.165, 1.54) is 11.3 Å².